The van der Waals surface area contributed by atoms with Crippen molar-refractivity contribution < 1.29 is 38.3 Å². The van der Waals surface area contributed by atoms with Crippen LogP contribution in [0.2, 0.25) is 0 Å². The zero-order valence-corrected chi connectivity index (χ0v) is 38.7. The van der Waals surface area contributed by atoms with E-state index in [2.05, 4.69) is 39.1 Å². The highest BCUT2D eigenvalue weighted by molar-refractivity contribution is 6.46. The first kappa shape index (κ1) is 48.2. The van der Waals surface area contributed by atoms with Gasteiger partial charge in [0.2, 0.25) is 24.4 Å². The van der Waals surface area contributed by atoms with Crippen LogP contribution in [0.25, 0.3) is 0 Å². The maximum Gasteiger partial charge on any atom is 0.277 e. The second-order valence-corrected chi connectivity index (χ2v) is 17.3. The average Bonchev–Trinajstić information content (AvgIpc) is 4.20. The minimum Gasteiger partial charge on any atom is -0.362 e. The minimum atomic E-state index is -1.21. The van der Waals surface area contributed by atoms with E-state index in [1.54, 1.807) is 61.8 Å². The number of hydrogen-bond donors (Lipinski definition) is 2. The predicted molar refractivity (Wildman–Crippen MR) is 265 cm³/mol. The van der Waals surface area contributed by atoms with E-state index in [1.165, 1.54) is 16.0 Å². The molecule has 6 unspecified atom stereocenters. The SMILES string of the molecule is C=C/C=C(\C=N/C)C(C(=O)NCc1ccccc1)N(C(=O)C1=NOC2OCCC12)c1ccc(C/N=C\C(=C/C=C)C(C(=O)NC2CCCCC2)N(C(=O)C2=NOC3OCCC23)c2ccccc2)cc1. The molecule has 8 rings (SSSR count). The number of carbonyl (C=O) groups excluding carboxylic acids is 4. The molecule has 0 radical (unpaired) electrons. The van der Waals surface area contributed by atoms with Gasteiger partial charge in [0.25, 0.3) is 11.8 Å². The van der Waals surface area contributed by atoms with Crippen molar-refractivity contribution in [2.45, 2.75) is 88.7 Å². The summed E-state index contributed by atoms with van der Waals surface area (Å²) in [6.07, 6.45) is 14.1. The zero-order chi connectivity index (χ0) is 48.1. The molecule has 4 heterocycles. The van der Waals surface area contributed by atoms with Crippen molar-refractivity contribution in [3.63, 3.8) is 0 Å². The summed E-state index contributed by atoms with van der Waals surface area (Å²) in [6.45, 7) is 9.02. The molecule has 4 aliphatic heterocycles. The van der Waals surface area contributed by atoms with E-state index < -0.39 is 48.3 Å². The van der Waals surface area contributed by atoms with Crippen molar-refractivity contribution in [2.24, 2.45) is 32.1 Å². The van der Waals surface area contributed by atoms with Gasteiger partial charge < -0.3 is 29.8 Å². The van der Waals surface area contributed by atoms with E-state index in [9.17, 15) is 19.2 Å². The molecule has 4 amide bonds. The largest absolute Gasteiger partial charge is 0.362 e. The maximum atomic E-state index is 14.9. The van der Waals surface area contributed by atoms with Gasteiger partial charge >= 0.3 is 0 Å². The van der Waals surface area contributed by atoms with Crippen molar-refractivity contribution >= 4 is 58.9 Å². The minimum absolute atomic E-state index is 0.0542. The number of allylic oxidation sites excluding steroid dienone is 4. The molecule has 5 aliphatic rings. The number of benzene rings is 3. The van der Waals surface area contributed by atoms with Gasteiger partial charge in [0.05, 0.1) is 31.6 Å². The van der Waals surface area contributed by atoms with Crippen LogP contribution < -0.4 is 20.4 Å². The fourth-order valence-corrected chi connectivity index (χ4v) is 9.31. The second kappa shape index (κ2) is 23.1. The Morgan fingerprint density at radius 1 is 0.681 bits per heavy atom. The molecule has 69 heavy (non-hydrogen) atoms. The van der Waals surface area contributed by atoms with Gasteiger partial charge in [0.15, 0.2) is 11.4 Å². The van der Waals surface area contributed by atoms with Crippen LogP contribution in [0.3, 0.4) is 0 Å². The molecule has 3 aromatic rings. The predicted octanol–water partition coefficient (Wildman–Crippen LogP) is 6.55. The Labute approximate surface area is 402 Å². The lowest BCUT2D eigenvalue weighted by Crippen LogP contribution is -2.55. The summed E-state index contributed by atoms with van der Waals surface area (Å²) in [5.41, 5.74) is 3.68. The summed E-state index contributed by atoms with van der Waals surface area (Å²) in [6, 6.07) is 23.2. The van der Waals surface area contributed by atoms with Gasteiger partial charge in [-0.25, -0.2) is 0 Å². The van der Waals surface area contributed by atoms with Crippen LogP contribution in [0, 0.1) is 11.8 Å². The highest BCUT2D eigenvalue weighted by Crippen LogP contribution is 2.34. The van der Waals surface area contributed by atoms with Gasteiger partial charge in [-0.15, -0.1) is 0 Å². The lowest BCUT2D eigenvalue weighted by molar-refractivity contribution is -0.124. The molecule has 16 heteroatoms. The topological polar surface area (TPSA) is 185 Å². The molecule has 6 atom stereocenters. The smallest absolute Gasteiger partial charge is 0.277 e. The quantitative estimate of drug-likeness (QED) is 0.100. The van der Waals surface area contributed by atoms with E-state index in [4.69, 9.17) is 24.1 Å². The van der Waals surface area contributed by atoms with Crippen LogP contribution in [0.4, 0.5) is 11.4 Å². The fraction of sp³-hybridized carbons (Fsp3) is 0.358. The van der Waals surface area contributed by atoms with Crippen LogP contribution in [-0.4, -0.2) is 98.4 Å². The summed E-state index contributed by atoms with van der Waals surface area (Å²) >= 11 is 0. The average molecular weight is 935 g/mol. The lowest BCUT2D eigenvalue weighted by Gasteiger charge is -2.34. The third kappa shape index (κ3) is 11.2. The third-order valence-corrected chi connectivity index (χ3v) is 12.7. The first-order valence-corrected chi connectivity index (χ1v) is 23.5. The molecular formula is C53H58N8O8. The molecular weight excluding hydrogens is 877 g/mol. The Bertz CT molecular complexity index is 2530. The van der Waals surface area contributed by atoms with Gasteiger partial charge in [-0.2, -0.15) is 0 Å². The molecule has 16 nitrogen and oxygen atoms in total. The summed E-state index contributed by atoms with van der Waals surface area (Å²) in [7, 11) is 1.59. The number of oxime groups is 2. The Morgan fingerprint density at radius 3 is 1.78 bits per heavy atom. The lowest BCUT2D eigenvalue weighted by atomic mass is 9.94. The number of anilines is 2. The Hall–Kier alpha value is -7.30. The molecule has 1 saturated carbocycles. The molecule has 2 saturated heterocycles. The molecule has 1 aliphatic carbocycles. The van der Waals surface area contributed by atoms with Crippen LogP contribution >= 0.6 is 0 Å². The maximum absolute atomic E-state index is 14.9. The van der Waals surface area contributed by atoms with E-state index in [1.807, 2.05) is 60.7 Å². The second-order valence-electron chi connectivity index (χ2n) is 17.3. The van der Waals surface area contributed by atoms with Crippen molar-refractivity contribution in [1.29, 1.82) is 0 Å². The van der Waals surface area contributed by atoms with Gasteiger partial charge in [-0.3, -0.25) is 39.0 Å². The number of carbonyl (C=O) groups is 4. The Balaban J connectivity index is 1.11. The van der Waals surface area contributed by atoms with Crippen molar-refractivity contribution in [3.05, 3.63) is 145 Å². The number of amides is 4. The summed E-state index contributed by atoms with van der Waals surface area (Å²) in [5, 5.41) is 14.6. The summed E-state index contributed by atoms with van der Waals surface area (Å²) in [5.74, 6) is -2.62. The fourth-order valence-electron chi connectivity index (χ4n) is 9.31. The Morgan fingerprint density at radius 2 is 1.22 bits per heavy atom. The number of nitrogens with zero attached hydrogens (tertiary/aromatic N) is 6. The first-order chi connectivity index (χ1) is 33.8. The van der Waals surface area contributed by atoms with Crippen LogP contribution in [-0.2, 0) is 51.4 Å². The first-order valence-electron chi connectivity index (χ1n) is 23.5. The Kier molecular flexibility index (Phi) is 16.2. The third-order valence-electron chi connectivity index (χ3n) is 12.7. The molecule has 0 spiro atoms. The van der Waals surface area contributed by atoms with Gasteiger partial charge in [-0.1, -0.05) is 128 Å². The van der Waals surface area contributed by atoms with Gasteiger partial charge in [0, 0.05) is 54.6 Å². The van der Waals surface area contributed by atoms with Crippen molar-refractivity contribution in [1.82, 2.24) is 10.6 Å². The van der Waals surface area contributed by atoms with E-state index in [0.717, 1.165) is 43.2 Å². The van der Waals surface area contributed by atoms with Crippen LogP contribution in [0.1, 0.15) is 56.1 Å². The highest BCUT2D eigenvalue weighted by Gasteiger charge is 2.48. The van der Waals surface area contributed by atoms with Gasteiger partial charge in [-0.05, 0) is 61.1 Å². The monoisotopic (exact) mass is 934 g/mol. The summed E-state index contributed by atoms with van der Waals surface area (Å²) in [4.78, 5) is 81.9. The van der Waals surface area contributed by atoms with E-state index >= 15 is 0 Å². The normalized spacial score (nSPS) is 22.1. The zero-order valence-electron chi connectivity index (χ0n) is 38.7. The van der Waals surface area contributed by atoms with Crippen molar-refractivity contribution in [3.8, 4) is 0 Å². The van der Waals surface area contributed by atoms with Crippen LogP contribution in [0.5, 0.6) is 0 Å². The number of aliphatic imine (C=N–C) groups is 2. The highest BCUT2D eigenvalue weighted by atomic mass is 16.8. The van der Waals surface area contributed by atoms with Crippen LogP contribution in [0.15, 0.2) is 154 Å². The molecule has 2 N–H and O–H groups in total. The van der Waals surface area contributed by atoms with E-state index in [0.29, 0.717) is 48.6 Å². The number of para-hydroxylation sites is 1. The van der Waals surface area contributed by atoms with Gasteiger partial charge in [0.1, 0.15) is 12.1 Å². The number of ether oxygens (including phenoxy) is 2. The molecule has 0 aromatic heterocycles. The number of fused-ring (bicyclic) bond motifs is 2. The molecule has 3 aromatic carbocycles. The number of nitrogens with one attached hydrogen (secondary N) is 2. The number of hydrogen-bond acceptors (Lipinski definition) is 12. The standard InChI is InChI=1S/C53H58N8O8/c1-4-15-37(33-54-3)46(48(62)56-32-35-17-9-6-10-18-35)61(51(65)45-43-28-30-67-53(43)69-59-45)41-25-23-36(24-26-41)31-55-34-38(16-5-2)47(49(63)57-39-19-11-7-12-20-39)60(40-21-13-8-14-22-40)50(64)44-42-27-29-66-52(42)68-58-44/h4-6,8-10,13-18,21-26,33-34,39,42-43,46-47,52-53H,1-2,7,11-12,19-20,27-32H2,3H3,(H,56,62)(H,57,63)/b37-15+,38-16+,54-33-,55-34-. The van der Waals surface area contributed by atoms with Crippen molar-refractivity contribution in [2.75, 3.05) is 30.1 Å². The van der Waals surface area contributed by atoms with E-state index in [-0.39, 0.29) is 42.4 Å². The summed E-state index contributed by atoms with van der Waals surface area (Å²) < 4.78 is 11.4. The number of rotatable bonds is 19. The molecule has 358 valence electrons. The molecule has 0 bridgehead atoms. The molecule has 3 fully saturated rings.